The number of nitrogens with zero attached hydrogens (tertiary/aromatic N) is 2. The Hall–Kier alpha value is -3.46. The monoisotopic (exact) mass is 417 g/mol. The summed E-state index contributed by atoms with van der Waals surface area (Å²) in [5.41, 5.74) is 4.14. The van der Waals surface area contributed by atoms with E-state index >= 15 is 0 Å². The van der Waals surface area contributed by atoms with Gasteiger partial charge in [-0.3, -0.25) is 4.99 Å². The smallest absolute Gasteiger partial charge is 0.286 e. The molecule has 0 aromatic heterocycles. The molecule has 1 aliphatic heterocycles. The van der Waals surface area contributed by atoms with Crippen LogP contribution in [0.4, 0.5) is 0 Å². The molecule has 6 heteroatoms. The Labute approximate surface area is 182 Å². The molecule has 1 aliphatic carbocycles. The number of nitriles is 1. The van der Waals surface area contributed by atoms with E-state index < -0.39 is 0 Å². The summed E-state index contributed by atoms with van der Waals surface area (Å²) in [6, 6.07) is 8.42. The molecule has 31 heavy (non-hydrogen) atoms. The molecule has 0 fully saturated rings. The van der Waals surface area contributed by atoms with Crippen LogP contribution in [-0.4, -0.2) is 38.7 Å². The van der Waals surface area contributed by atoms with E-state index in [1.807, 2.05) is 13.0 Å². The fourth-order valence-electron chi connectivity index (χ4n) is 4.10. The number of benzene rings is 2. The topological polar surface area (TPSA) is 75.9 Å². The molecule has 160 valence electrons. The van der Waals surface area contributed by atoms with Crippen molar-refractivity contribution in [2.75, 3.05) is 32.9 Å². The lowest BCUT2D eigenvalue weighted by molar-refractivity contribution is 0.191. The second kappa shape index (κ2) is 9.57. The van der Waals surface area contributed by atoms with Crippen molar-refractivity contribution in [3.05, 3.63) is 45.8 Å². The predicted octanol–water partition coefficient (Wildman–Crippen LogP) is 2.64. The second-order valence-corrected chi connectivity index (χ2v) is 7.48. The number of hydrogen-bond acceptors (Lipinski definition) is 6. The first-order valence-corrected chi connectivity index (χ1v) is 10.8. The van der Waals surface area contributed by atoms with Crippen molar-refractivity contribution in [1.29, 1.82) is 5.26 Å². The van der Waals surface area contributed by atoms with Crippen LogP contribution in [0.25, 0.3) is 23.3 Å². The molecule has 1 heterocycles. The number of rotatable bonds is 8. The molecule has 1 N–H and O–H groups in total. The first-order valence-electron chi connectivity index (χ1n) is 10.8. The van der Waals surface area contributed by atoms with Crippen LogP contribution in [0, 0.1) is 18.4 Å². The zero-order valence-electron chi connectivity index (χ0n) is 18.0. The number of hydrogen-bond donors (Lipinski definition) is 1. The molecule has 2 aromatic rings. The third-order valence-corrected chi connectivity index (χ3v) is 5.42. The Morgan fingerprint density at radius 2 is 2.00 bits per heavy atom. The van der Waals surface area contributed by atoms with Crippen LogP contribution in [0.5, 0.6) is 11.5 Å². The van der Waals surface area contributed by atoms with Crippen molar-refractivity contribution < 1.29 is 14.2 Å². The first-order chi connectivity index (χ1) is 15.2. The maximum atomic E-state index is 8.70. The molecule has 0 unspecified atom stereocenters. The molecule has 2 aliphatic rings. The molecular formula is C25H27N3O3. The standard InChI is InChI=1S/C25H27N3O3/c1-3-30-22-9-8-19(14-17(22)2)23-20-7-5-4-6-18(20)15-21(25-27-10-11-28-25)24(23)31-13-12-29-16-26/h6-9,14-15H,3-5,10-13H2,1-2H3,(H,27,28). The fourth-order valence-corrected chi connectivity index (χ4v) is 4.10. The SMILES string of the molecule is CCOc1ccc(-c2c(OCCOC#N)c(C3=NCCN3)cc3c2=CCCC=3)cc1C. The summed E-state index contributed by atoms with van der Waals surface area (Å²) in [7, 11) is 0. The maximum Gasteiger partial charge on any atom is 0.286 e. The van der Waals surface area contributed by atoms with Gasteiger partial charge in [-0.1, -0.05) is 18.2 Å². The van der Waals surface area contributed by atoms with Gasteiger partial charge in [0.1, 0.15) is 30.5 Å². The van der Waals surface area contributed by atoms with Crippen LogP contribution < -0.4 is 25.2 Å². The minimum Gasteiger partial charge on any atom is -0.494 e. The second-order valence-electron chi connectivity index (χ2n) is 7.48. The van der Waals surface area contributed by atoms with E-state index in [0.29, 0.717) is 6.61 Å². The van der Waals surface area contributed by atoms with Gasteiger partial charge in [-0.2, -0.15) is 5.26 Å². The molecule has 0 bridgehead atoms. The highest BCUT2D eigenvalue weighted by molar-refractivity contribution is 6.04. The van der Waals surface area contributed by atoms with E-state index in [2.05, 4.69) is 47.6 Å². The van der Waals surface area contributed by atoms with E-state index in [-0.39, 0.29) is 13.2 Å². The zero-order valence-corrected chi connectivity index (χ0v) is 18.0. The van der Waals surface area contributed by atoms with Gasteiger partial charge in [-0.05, 0) is 66.5 Å². The molecule has 4 rings (SSSR count). The Kier molecular flexibility index (Phi) is 6.42. The van der Waals surface area contributed by atoms with E-state index in [4.69, 9.17) is 19.5 Å². The fraction of sp³-hybridized carbons (Fsp3) is 0.360. The van der Waals surface area contributed by atoms with E-state index in [0.717, 1.165) is 65.5 Å². The minimum atomic E-state index is 0.199. The zero-order chi connectivity index (χ0) is 21.6. The number of fused-ring (bicyclic) bond motifs is 1. The summed E-state index contributed by atoms with van der Waals surface area (Å²) in [5, 5.41) is 14.5. The minimum absolute atomic E-state index is 0.199. The molecule has 0 radical (unpaired) electrons. The highest BCUT2D eigenvalue weighted by Gasteiger charge is 2.21. The maximum absolute atomic E-state index is 8.70. The predicted molar refractivity (Wildman–Crippen MR) is 122 cm³/mol. The van der Waals surface area contributed by atoms with Crippen LogP contribution >= 0.6 is 0 Å². The number of ether oxygens (including phenoxy) is 3. The Balaban J connectivity index is 1.92. The largest absolute Gasteiger partial charge is 0.494 e. The molecule has 0 saturated heterocycles. The Bertz CT molecular complexity index is 1160. The molecule has 0 amide bonds. The third-order valence-electron chi connectivity index (χ3n) is 5.42. The number of aliphatic imine (C=N–C) groups is 1. The normalized spacial score (nSPS) is 14.3. The molecule has 6 nitrogen and oxygen atoms in total. The highest BCUT2D eigenvalue weighted by atomic mass is 16.5. The summed E-state index contributed by atoms with van der Waals surface area (Å²) < 4.78 is 16.8. The summed E-state index contributed by atoms with van der Waals surface area (Å²) >= 11 is 0. The van der Waals surface area contributed by atoms with Gasteiger partial charge < -0.3 is 19.5 Å². The van der Waals surface area contributed by atoms with E-state index in [1.165, 1.54) is 10.4 Å². The Morgan fingerprint density at radius 1 is 1.13 bits per heavy atom. The summed E-state index contributed by atoms with van der Waals surface area (Å²) in [6.07, 6.45) is 8.27. The number of nitrogens with one attached hydrogen (secondary N) is 1. The molecule has 0 spiro atoms. The van der Waals surface area contributed by atoms with Crippen molar-refractivity contribution >= 4 is 18.0 Å². The van der Waals surface area contributed by atoms with Crippen molar-refractivity contribution in [3.63, 3.8) is 0 Å². The Morgan fingerprint density at radius 3 is 2.74 bits per heavy atom. The highest BCUT2D eigenvalue weighted by Crippen LogP contribution is 2.33. The van der Waals surface area contributed by atoms with Crippen molar-refractivity contribution in [2.45, 2.75) is 26.7 Å². The van der Waals surface area contributed by atoms with Gasteiger partial charge in [0.15, 0.2) is 0 Å². The van der Waals surface area contributed by atoms with Gasteiger partial charge in [-0.25, -0.2) is 0 Å². The lowest BCUT2D eigenvalue weighted by Gasteiger charge is -2.20. The average Bonchev–Trinajstić information content (AvgIpc) is 3.32. The van der Waals surface area contributed by atoms with Gasteiger partial charge in [0.2, 0.25) is 0 Å². The summed E-state index contributed by atoms with van der Waals surface area (Å²) in [6.45, 7) is 6.72. The average molecular weight is 418 g/mol. The first kappa shape index (κ1) is 20.8. The van der Waals surface area contributed by atoms with Crippen LogP contribution in [0.1, 0.15) is 30.9 Å². The number of amidine groups is 1. The van der Waals surface area contributed by atoms with Gasteiger partial charge >= 0.3 is 0 Å². The van der Waals surface area contributed by atoms with Crippen molar-refractivity contribution in [1.82, 2.24) is 5.32 Å². The number of aryl methyl sites for hydroxylation is 1. The van der Waals surface area contributed by atoms with Crippen LogP contribution in [0.15, 0.2) is 29.3 Å². The summed E-state index contributed by atoms with van der Waals surface area (Å²) in [4.78, 5) is 4.65. The van der Waals surface area contributed by atoms with Gasteiger partial charge in [0, 0.05) is 12.1 Å². The van der Waals surface area contributed by atoms with E-state index in [9.17, 15) is 0 Å². The molecule has 0 saturated carbocycles. The van der Waals surface area contributed by atoms with Crippen LogP contribution in [-0.2, 0) is 4.74 Å². The molecule has 2 aromatic carbocycles. The molecular weight excluding hydrogens is 390 g/mol. The van der Waals surface area contributed by atoms with Gasteiger partial charge in [0.05, 0.1) is 18.7 Å². The summed E-state index contributed by atoms with van der Waals surface area (Å²) in [5.74, 6) is 2.50. The van der Waals surface area contributed by atoms with Crippen molar-refractivity contribution in [3.8, 4) is 28.9 Å². The molecule has 0 atom stereocenters. The lowest BCUT2D eigenvalue weighted by Crippen LogP contribution is -2.33. The van der Waals surface area contributed by atoms with Crippen LogP contribution in [0.3, 0.4) is 0 Å². The van der Waals surface area contributed by atoms with Crippen molar-refractivity contribution in [2.24, 2.45) is 4.99 Å². The van der Waals surface area contributed by atoms with Crippen LogP contribution in [0.2, 0.25) is 0 Å². The van der Waals surface area contributed by atoms with Gasteiger partial charge in [-0.15, -0.1) is 0 Å². The van der Waals surface area contributed by atoms with Gasteiger partial charge in [0.25, 0.3) is 6.26 Å². The van der Waals surface area contributed by atoms with E-state index in [1.54, 1.807) is 6.26 Å². The lowest BCUT2D eigenvalue weighted by atomic mass is 9.92. The third kappa shape index (κ3) is 4.36. The quantitative estimate of drug-likeness (QED) is 0.528.